The number of amides is 1. The molecule has 40 heavy (non-hydrogen) atoms. The third-order valence-electron chi connectivity index (χ3n) is 6.34. The normalized spacial score (nSPS) is 16.9. The van der Waals surface area contributed by atoms with Crippen LogP contribution >= 0.6 is 0 Å². The number of fused-ring (bicyclic) bond motifs is 1. The molecule has 12 heteroatoms. The van der Waals surface area contributed by atoms with Gasteiger partial charge in [0.2, 0.25) is 0 Å². The molecule has 1 amide bonds. The molecule has 0 bridgehead atoms. The summed E-state index contributed by atoms with van der Waals surface area (Å²) in [6.45, 7) is -0.925. The van der Waals surface area contributed by atoms with Crippen LogP contribution in [0.2, 0.25) is 0 Å². The van der Waals surface area contributed by atoms with Gasteiger partial charge in [-0.3, -0.25) is 9.78 Å². The number of hydrogen-bond donors (Lipinski definition) is 0. The number of rotatable bonds is 5. The number of esters is 1. The van der Waals surface area contributed by atoms with Crippen LogP contribution < -0.4 is 9.47 Å². The summed E-state index contributed by atoms with van der Waals surface area (Å²) in [7, 11) is 0. The first kappa shape index (κ1) is 27.0. The van der Waals surface area contributed by atoms with Crippen LogP contribution in [-0.4, -0.2) is 58.0 Å². The molecule has 206 valence electrons. The molecular weight excluding hydrogens is 537 g/mol. The zero-order valence-electron chi connectivity index (χ0n) is 20.6. The molecule has 0 N–H and O–H groups in total. The highest BCUT2D eigenvalue weighted by atomic mass is 19.4. The first-order chi connectivity index (χ1) is 19.0. The number of ether oxygens (including phenoxy) is 2. The van der Waals surface area contributed by atoms with Crippen molar-refractivity contribution in [3.63, 3.8) is 0 Å². The van der Waals surface area contributed by atoms with Gasteiger partial charge in [0, 0.05) is 30.7 Å². The van der Waals surface area contributed by atoms with E-state index in [1.807, 2.05) is 6.07 Å². The van der Waals surface area contributed by atoms with Crippen LogP contribution in [0, 0.1) is 0 Å². The molecule has 1 saturated heterocycles. The maximum atomic E-state index is 15.0. The summed E-state index contributed by atoms with van der Waals surface area (Å²) in [5.41, 5.74) is 1.66. The number of hydrogen-bond acceptors (Lipinski definition) is 6. The number of pyridine rings is 2. The predicted molar refractivity (Wildman–Crippen MR) is 133 cm³/mol. The van der Waals surface area contributed by atoms with Gasteiger partial charge in [0.25, 0.3) is 17.7 Å². The van der Waals surface area contributed by atoms with E-state index in [4.69, 9.17) is 4.74 Å². The van der Waals surface area contributed by atoms with Crippen molar-refractivity contribution in [3.8, 4) is 22.8 Å². The van der Waals surface area contributed by atoms with Gasteiger partial charge in [-0.25, -0.2) is 18.6 Å². The number of benzene rings is 2. The lowest BCUT2D eigenvalue weighted by Gasteiger charge is -2.38. The number of piperidine rings is 1. The minimum absolute atomic E-state index is 0.182. The molecule has 0 spiro atoms. The van der Waals surface area contributed by atoms with Gasteiger partial charge in [-0.1, -0.05) is 48.5 Å². The summed E-state index contributed by atoms with van der Waals surface area (Å²) in [6.07, 6.45) is -5.28. The summed E-state index contributed by atoms with van der Waals surface area (Å²) in [5, 5.41) is 0.289. The van der Waals surface area contributed by atoms with Gasteiger partial charge in [0.1, 0.15) is 0 Å². The predicted octanol–water partition coefficient (Wildman–Crippen LogP) is 5.69. The van der Waals surface area contributed by atoms with Gasteiger partial charge in [-0.2, -0.15) is 13.2 Å². The van der Waals surface area contributed by atoms with E-state index in [0.717, 1.165) is 16.5 Å². The Balaban J connectivity index is 1.45. The molecular formula is C28H20F5N3O4. The van der Waals surface area contributed by atoms with Gasteiger partial charge in [-0.15, -0.1) is 0 Å². The zero-order chi connectivity index (χ0) is 28.5. The molecule has 0 radical (unpaired) electrons. The maximum Gasteiger partial charge on any atom is 0.491 e. The first-order valence-corrected chi connectivity index (χ1v) is 12.0. The molecule has 1 atom stereocenters. The van der Waals surface area contributed by atoms with Crippen molar-refractivity contribution in [1.29, 1.82) is 0 Å². The highest BCUT2D eigenvalue weighted by Crippen LogP contribution is 2.37. The number of nitrogens with zero attached hydrogens (tertiary/aromatic N) is 3. The van der Waals surface area contributed by atoms with Gasteiger partial charge < -0.3 is 14.4 Å². The fourth-order valence-electron chi connectivity index (χ4n) is 4.31. The van der Waals surface area contributed by atoms with E-state index in [0.29, 0.717) is 5.56 Å². The smallest absolute Gasteiger partial charge is 0.463 e. The largest absolute Gasteiger partial charge is 0.491 e. The summed E-state index contributed by atoms with van der Waals surface area (Å²) in [6, 6.07) is 17.8. The van der Waals surface area contributed by atoms with Crippen molar-refractivity contribution in [3.05, 3.63) is 84.7 Å². The molecule has 1 aliphatic rings. The van der Waals surface area contributed by atoms with Crippen molar-refractivity contribution in [2.75, 3.05) is 13.1 Å². The maximum absolute atomic E-state index is 15.0. The van der Waals surface area contributed by atoms with E-state index in [2.05, 4.69) is 14.7 Å². The van der Waals surface area contributed by atoms with Gasteiger partial charge in [-0.05, 0) is 29.3 Å². The Morgan fingerprint density at radius 3 is 2.48 bits per heavy atom. The van der Waals surface area contributed by atoms with E-state index in [1.54, 1.807) is 42.5 Å². The van der Waals surface area contributed by atoms with E-state index in [-0.39, 0.29) is 23.0 Å². The standard InChI is InChI=1S/C28H20F5N3O4/c29-27(30)11-13-36(25(37)20-15-34-12-10-19(20)17-6-2-1-3-7-17)16-23(27)40-24-22(39-26(38)28(31,32)33)14-18-8-4-5-9-21(18)35-24/h1-10,12,14-15,23H,11,13,16H2/t23-/m0/s1. The summed E-state index contributed by atoms with van der Waals surface area (Å²) < 4.78 is 78.7. The Hall–Kier alpha value is -4.61. The van der Waals surface area contributed by atoms with Crippen molar-refractivity contribution >= 4 is 22.8 Å². The lowest BCUT2D eigenvalue weighted by atomic mass is 9.98. The summed E-state index contributed by atoms with van der Waals surface area (Å²) in [5.74, 6) is -8.13. The molecule has 3 heterocycles. The highest BCUT2D eigenvalue weighted by molar-refractivity contribution is 6.00. The molecule has 5 rings (SSSR count). The second-order valence-corrected chi connectivity index (χ2v) is 9.03. The molecule has 4 aromatic rings. The highest BCUT2D eigenvalue weighted by Gasteiger charge is 2.48. The van der Waals surface area contributed by atoms with Crippen molar-refractivity contribution in [1.82, 2.24) is 14.9 Å². The number of carbonyl (C=O) groups excluding carboxylic acids is 2. The SMILES string of the molecule is O=C(c1cnccc1-c1ccccc1)N1CCC(F)(F)[C@@H](Oc2nc3ccccc3cc2OC(=O)C(F)(F)F)C1. The van der Waals surface area contributed by atoms with Gasteiger partial charge in [0.15, 0.2) is 11.9 Å². The molecule has 0 unspecified atom stereocenters. The van der Waals surface area contributed by atoms with E-state index >= 15 is 8.78 Å². The van der Waals surface area contributed by atoms with Crippen LogP contribution in [0.15, 0.2) is 79.1 Å². The Kier molecular flexibility index (Phi) is 7.09. The topological polar surface area (TPSA) is 81.6 Å². The number of carbonyl (C=O) groups is 2. The summed E-state index contributed by atoms with van der Waals surface area (Å²) >= 11 is 0. The minimum atomic E-state index is -5.35. The van der Waals surface area contributed by atoms with Gasteiger partial charge >= 0.3 is 12.1 Å². The van der Waals surface area contributed by atoms with E-state index < -0.39 is 54.7 Å². The van der Waals surface area contributed by atoms with Crippen molar-refractivity contribution < 1.29 is 41.0 Å². The average Bonchev–Trinajstić information content (AvgIpc) is 2.94. The van der Waals surface area contributed by atoms with Crippen LogP contribution in [0.5, 0.6) is 11.6 Å². The summed E-state index contributed by atoms with van der Waals surface area (Å²) in [4.78, 5) is 34.2. The quantitative estimate of drug-likeness (QED) is 0.232. The average molecular weight is 557 g/mol. The third-order valence-corrected chi connectivity index (χ3v) is 6.34. The van der Waals surface area contributed by atoms with Crippen molar-refractivity contribution in [2.45, 2.75) is 24.6 Å². The third kappa shape index (κ3) is 5.56. The van der Waals surface area contributed by atoms with Crippen LogP contribution in [0.1, 0.15) is 16.8 Å². The molecule has 7 nitrogen and oxygen atoms in total. The number of halogens is 5. The van der Waals surface area contributed by atoms with Crippen LogP contribution in [0.4, 0.5) is 22.0 Å². The van der Waals surface area contributed by atoms with Crippen LogP contribution in [0.3, 0.4) is 0 Å². The Morgan fingerprint density at radius 1 is 1.00 bits per heavy atom. The van der Waals surface area contributed by atoms with E-state index in [1.165, 1.54) is 24.5 Å². The van der Waals surface area contributed by atoms with Crippen molar-refractivity contribution in [2.24, 2.45) is 0 Å². The number of para-hydroxylation sites is 1. The number of aromatic nitrogens is 2. The molecule has 0 saturated carbocycles. The number of alkyl halides is 5. The van der Waals surface area contributed by atoms with E-state index in [9.17, 15) is 22.8 Å². The Labute approximate surface area is 224 Å². The Morgan fingerprint density at radius 2 is 1.73 bits per heavy atom. The molecule has 0 aliphatic carbocycles. The first-order valence-electron chi connectivity index (χ1n) is 12.0. The molecule has 1 aliphatic heterocycles. The Bertz CT molecular complexity index is 1560. The molecule has 2 aromatic carbocycles. The molecule has 1 fully saturated rings. The second-order valence-electron chi connectivity index (χ2n) is 9.03. The monoisotopic (exact) mass is 557 g/mol. The van der Waals surface area contributed by atoms with Gasteiger partial charge in [0.05, 0.1) is 17.6 Å². The van der Waals surface area contributed by atoms with Crippen LogP contribution in [0.25, 0.3) is 22.0 Å². The lowest BCUT2D eigenvalue weighted by molar-refractivity contribution is -0.190. The lowest BCUT2D eigenvalue weighted by Crippen LogP contribution is -2.55. The number of likely N-dealkylation sites (tertiary alicyclic amines) is 1. The second kappa shape index (κ2) is 10.5. The minimum Gasteiger partial charge on any atom is -0.463 e. The molecule has 2 aromatic heterocycles. The van der Waals surface area contributed by atoms with Crippen LogP contribution in [-0.2, 0) is 4.79 Å². The zero-order valence-corrected chi connectivity index (χ0v) is 20.6. The fraction of sp³-hybridized carbons (Fsp3) is 0.214. The fourth-order valence-corrected chi connectivity index (χ4v) is 4.31.